The summed E-state index contributed by atoms with van der Waals surface area (Å²) < 4.78 is 0. The molecular formula is C24H20N2O2. The van der Waals surface area contributed by atoms with Gasteiger partial charge in [-0.25, -0.2) is 0 Å². The standard InChI is InChI=1S/C24H20N2O2/c27-23(25-15-17-7-3-1-4-8-17)16-26-24(28)20-12-11-19-13-18-9-5-2-6-10-21(18)22(19)14-20/h1-14H,15-16H2,(H,25,27)(H,26,28). The zero-order valence-corrected chi connectivity index (χ0v) is 15.3. The predicted molar refractivity (Wildman–Crippen MR) is 111 cm³/mol. The van der Waals surface area contributed by atoms with E-state index in [0.29, 0.717) is 12.1 Å². The van der Waals surface area contributed by atoms with E-state index in [1.807, 2.05) is 60.7 Å². The minimum Gasteiger partial charge on any atom is -0.350 e. The third-order valence-corrected chi connectivity index (χ3v) is 4.73. The molecule has 0 atom stereocenters. The molecule has 4 nitrogen and oxygen atoms in total. The highest BCUT2D eigenvalue weighted by Gasteiger charge is 2.13. The van der Waals surface area contributed by atoms with Crippen molar-refractivity contribution in [1.29, 1.82) is 0 Å². The van der Waals surface area contributed by atoms with Crippen LogP contribution in [0.25, 0.3) is 21.9 Å². The number of rotatable bonds is 5. The third kappa shape index (κ3) is 3.86. The van der Waals surface area contributed by atoms with Crippen molar-refractivity contribution in [2.75, 3.05) is 6.54 Å². The summed E-state index contributed by atoms with van der Waals surface area (Å²) in [7, 11) is 0. The molecule has 0 heterocycles. The molecule has 0 radical (unpaired) electrons. The maximum Gasteiger partial charge on any atom is 0.251 e. The van der Waals surface area contributed by atoms with Gasteiger partial charge in [-0.1, -0.05) is 66.7 Å². The van der Waals surface area contributed by atoms with Gasteiger partial charge in [-0.05, 0) is 45.7 Å². The summed E-state index contributed by atoms with van der Waals surface area (Å²) in [5, 5.41) is 7.63. The Bertz CT molecular complexity index is 1110. The van der Waals surface area contributed by atoms with Crippen molar-refractivity contribution in [3.8, 4) is 11.1 Å². The van der Waals surface area contributed by atoms with Crippen LogP contribution in [-0.2, 0) is 11.3 Å². The van der Waals surface area contributed by atoms with Gasteiger partial charge >= 0.3 is 0 Å². The molecule has 4 rings (SSSR count). The third-order valence-electron chi connectivity index (χ3n) is 4.73. The van der Waals surface area contributed by atoms with Gasteiger partial charge in [0.2, 0.25) is 5.91 Å². The summed E-state index contributed by atoms with van der Waals surface area (Å²) in [4.78, 5) is 24.5. The number of nitrogens with one attached hydrogen (secondary N) is 2. The van der Waals surface area contributed by atoms with E-state index in [1.165, 1.54) is 0 Å². The Hall–Kier alpha value is -3.66. The van der Waals surface area contributed by atoms with Crippen LogP contribution >= 0.6 is 0 Å². The van der Waals surface area contributed by atoms with Crippen LogP contribution in [0.5, 0.6) is 0 Å². The Kier molecular flexibility index (Phi) is 5.02. The largest absolute Gasteiger partial charge is 0.350 e. The first-order valence-electron chi connectivity index (χ1n) is 9.21. The van der Waals surface area contributed by atoms with Gasteiger partial charge in [0.25, 0.3) is 5.91 Å². The molecule has 2 N–H and O–H groups in total. The second-order valence-corrected chi connectivity index (χ2v) is 6.67. The van der Waals surface area contributed by atoms with Gasteiger partial charge in [-0.15, -0.1) is 0 Å². The van der Waals surface area contributed by atoms with Crippen LogP contribution in [0, 0.1) is 0 Å². The summed E-state index contributed by atoms with van der Waals surface area (Å²) >= 11 is 0. The Labute approximate surface area is 163 Å². The van der Waals surface area contributed by atoms with Crippen LogP contribution in [0.1, 0.15) is 15.9 Å². The van der Waals surface area contributed by atoms with Crippen molar-refractivity contribution in [3.05, 3.63) is 96.1 Å². The highest BCUT2D eigenvalue weighted by Crippen LogP contribution is 2.33. The van der Waals surface area contributed by atoms with Crippen LogP contribution in [0.3, 0.4) is 0 Å². The van der Waals surface area contributed by atoms with Crippen molar-refractivity contribution >= 4 is 22.6 Å². The first-order valence-corrected chi connectivity index (χ1v) is 9.21. The van der Waals surface area contributed by atoms with E-state index in [-0.39, 0.29) is 18.4 Å². The zero-order valence-electron chi connectivity index (χ0n) is 15.3. The average Bonchev–Trinajstić information content (AvgIpc) is 2.91. The van der Waals surface area contributed by atoms with Crippen LogP contribution in [0.4, 0.5) is 0 Å². The van der Waals surface area contributed by atoms with Crippen LogP contribution in [0.15, 0.2) is 84.9 Å². The fourth-order valence-corrected chi connectivity index (χ4v) is 3.28. The molecule has 28 heavy (non-hydrogen) atoms. The molecule has 0 aliphatic heterocycles. The fraction of sp³-hybridized carbons (Fsp3) is 0.0833. The first kappa shape index (κ1) is 17.7. The molecule has 0 saturated heterocycles. The predicted octanol–water partition coefficient (Wildman–Crippen LogP) is 3.99. The molecule has 0 unspecified atom stereocenters. The van der Waals surface area contributed by atoms with Gasteiger partial charge in [0.15, 0.2) is 0 Å². The Balaban J connectivity index is 1.41. The van der Waals surface area contributed by atoms with E-state index in [9.17, 15) is 9.59 Å². The summed E-state index contributed by atoms with van der Waals surface area (Å²) in [6.07, 6.45) is 0. The monoisotopic (exact) mass is 368 g/mol. The summed E-state index contributed by atoms with van der Waals surface area (Å²) in [5.74, 6) is -0.476. The maximum absolute atomic E-state index is 12.5. The molecule has 0 saturated carbocycles. The second kappa shape index (κ2) is 7.92. The van der Waals surface area contributed by atoms with E-state index in [0.717, 1.165) is 27.5 Å². The van der Waals surface area contributed by atoms with Crippen molar-refractivity contribution in [1.82, 2.24) is 10.6 Å². The molecule has 0 aromatic heterocycles. The minimum atomic E-state index is -0.258. The molecule has 0 fully saturated rings. The minimum absolute atomic E-state index is 0.0551. The van der Waals surface area contributed by atoms with E-state index in [1.54, 1.807) is 6.07 Å². The molecule has 2 aliphatic rings. The maximum atomic E-state index is 12.5. The second-order valence-electron chi connectivity index (χ2n) is 6.67. The van der Waals surface area contributed by atoms with Crippen molar-refractivity contribution in [2.45, 2.75) is 6.54 Å². The summed E-state index contributed by atoms with van der Waals surface area (Å²) in [6, 6.07) is 27.5. The zero-order chi connectivity index (χ0) is 19.3. The van der Waals surface area contributed by atoms with Crippen LogP contribution in [-0.4, -0.2) is 18.4 Å². The van der Waals surface area contributed by atoms with Crippen molar-refractivity contribution in [2.24, 2.45) is 0 Å². The molecule has 0 spiro atoms. The van der Waals surface area contributed by atoms with Crippen LogP contribution in [0.2, 0.25) is 0 Å². The number of benzene rings is 2. The normalized spacial score (nSPS) is 10.7. The van der Waals surface area contributed by atoms with Gasteiger partial charge in [-0.2, -0.15) is 0 Å². The summed E-state index contributed by atoms with van der Waals surface area (Å²) in [6.45, 7) is 0.387. The van der Waals surface area contributed by atoms with Gasteiger partial charge in [0.05, 0.1) is 6.54 Å². The number of amides is 2. The molecule has 2 amide bonds. The molecule has 0 bridgehead atoms. The highest BCUT2D eigenvalue weighted by atomic mass is 16.2. The fourth-order valence-electron chi connectivity index (χ4n) is 3.28. The topological polar surface area (TPSA) is 58.2 Å². The number of hydrogen-bond acceptors (Lipinski definition) is 2. The lowest BCUT2D eigenvalue weighted by Crippen LogP contribution is -2.36. The Morgan fingerprint density at radius 3 is 2.32 bits per heavy atom. The van der Waals surface area contributed by atoms with E-state index in [4.69, 9.17) is 0 Å². The van der Waals surface area contributed by atoms with Crippen molar-refractivity contribution in [3.63, 3.8) is 0 Å². The highest BCUT2D eigenvalue weighted by molar-refractivity contribution is 6.06. The molecule has 2 aromatic carbocycles. The molecule has 138 valence electrons. The van der Waals surface area contributed by atoms with E-state index in [2.05, 4.69) is 28.8 Å². The molecular weight excluding hydrogens is 348 g/mol. The lowest BCUT2D eigenvalue weighted by atomic mass is 10.1. The number of fused-ring (bicyclic) bond motifs is 3. The van der Waals surface area contributed by atoms with Gasteiger partial charge in [0.1, 0.15) is 0 Å². The van der Waals surface area contributed by atoms with E-state index >= 15 is 0 Å². The number of hydrogen-bond donors (Lipinski definition) is 2. The Morgan fingerprint density at radius 1 is 0.750 bits per heavy atom. The molecule has 2 aromatic rings. The lowest BCUT2D eigenvalue weighted by Gasteiger charge is -2.07. The van der Waals surface area contributed by atoms with Crippen molar-refractivity contribution < 1.29 is 9.59 Å². The van der Waals surface area contributed by atoms with Gasteiger partial charge in [0, 0.05) is 12.1 Å². The Morgan fingerprint density at radius 2 is 1.50 bits per heavy atom. The van der Waals surface area contributed by atoms with Gasteiger partial charge < -0.3 is 10.6 Å². The first-order chi connectivity index (χ1) is 13.7. The molecule has 2 aliphatic carbocycles. The number of carbonyl (C=O) groups is 2. The van der Waals surface area contributed by atoms with E-state index < -0.39 is 0 Å². The molecule has 4 heteroatoms. The number of carbonyl (C=O) groups excluding carboxylic acids is 2. The van der Waals surface area contributed by atoms with Crippen LogP contribution < -0.4 is 10.6 Å². The quantitative estimate of drug-likeness (QED) is 0.560. The lowest BCUT2D eigenvalue weighted by molar-refractivity contribution is -0.120. The SMILES string of the molecule is O=C(CNC(=O)c1ccc2cc3cccccc-3c2c1)NCc1ccccc1. The average molecular weight is 368 g/mol. The smallest absolute Gasteiger partial charge is 0.251 e. The van der Waals surface area contributed by atoms with Gasteiger partial charge in [-0.3, -0.25) is 9.59 Å². The summed E-state index contributed by atoms with van der Waals surface area (Å²) in [5.41, 5.74) is 3.80.